The molecule has 2 nitrogen and oxygen atoms in total. The number of rotatable bonds is 1. The lowest BCUT2D eigenvalue weighted by molar-refractivity contribution is -0.0437. The third-order valence-corrected chi connectivity index (χ3v) is 2.44. The lowest BCUT2D eigenvalue weighted by Crippen LogP contribution is -2.32. The van der Waals surface area contributed by atoms with Gasteiger partial charge in [-0.25, -0.2) is 8.42 Å². The lowest BCUT2D eigenvalue weighted by atomic mass is 10.1. The highest BCUT2D eigenvalue weighted by atomic mass is 32.2. The second kappa shape index (κ2) is 2.45. The van der Waals surface area contributed by atoms with Crippen LogP contribution >= 0.6 is 0 Å². The van der Waals surface area contributed by atoms with E-state index < -0.39 is 20.5 Å². The summed E-state index contributed by atoms with van der Waals surface area (Å²) in [6.45, 7) is 0.767. The average molecular weight is 172 g/mol. The quantitative estimate of drug-likeness (QED) is 0.537. The Morgan fingerprint density at radius 1 is 1.40 bits per heavy atom. The molecule has 58 valence electrons. The summed E-state index contributed by atoms with van der Waals surface area (Å²) in [5.74, 6) is 0. The summed E-state index contributed by atoms with van der Waals surface area (Å²) in [5.41, 5.74) is -5.23. The first kappa shape index (κ1) is 9.80. The van der Waals surface area contributed by atoms with Crippen LogP contribution in [0.5, 0.6) is 0 Å². The third-order valence-electron chi connectivity index (χ3n) is 0.812. The molecule has 0 aliphatic carbocycles. The summed E-state index contributed by atoms with van der Waals surface area (Å²) in [5, 5.41) is -1.90. The molecule has 0 aliphatic heterocycles. The van der Waals surface area contributed by atoms with E-state index in [1.807, 2.05) is 0 Å². The van der Waals surface area contributed by atoms with Gasteiger partial charge in [0.15, 0.2) is 0 Å². The topological polar surface area (TPSA) is 34.1 Å². The Morgan fingerprint density at radius 2 is 1.70 bits per heavy atom. The molecule has 0 rings (SSSR count). The van der Waals surface area contributed by atoms with Gasteiger partial charge in [-0.05, 0) is 0 Å². The SMILES string of the molecule is [B]C(C)S(=O)(=O)C(F)(F)F. The highest BCUT2D eigenvalue weighted by Crippen LogP contribution is 2.25. The molecule has 0 saturated carbocycles. The Labute approximate surface area is 57.7 Å². The van der Waals surface area contributed by atoms with Crippen molar-refractivity contribution >= 4 is 17.7 Å². The summed E-state index contributed by atoms with van der Waals surface area (Å²) in [6, 6.07) is 0. The minimum atomic E-state index is -5.23. The van der Waals surface area contributed by atoms with Crippen LogP contribution in [0, 0.1) is 0 Å². The van der Waals surface area contributed by atoms with Gasteiger partial charge < -0.3 is 0 Å². The monoisotopic (exact) mass is 172 g/mol. The van der Waals surface area contributed by atoms with Crippen LogP contribution in [0.25, 0.3) is 0 Å². The van der Waals surface area contributed by atoms with Crippen LogP contribution in [0.1, 0.15) is 6.92 Å². The number of sulfone groups is 1. The molecule has 7 heteroatoms. The van der Waals surface area contributed by atoms with Crippen molar-refractivity contribution in [3.63, 3.8) is 0 Å². The zero-order valence-electron chi connectivity index (χ0n) is 5.01. The Morgan fingerprint density at radius 3 is 1.70 bits per heavy atom. The molecule has 0 saturated heterocycles. The van der Waals surface area contributed by atoms with Crippen LogP contribution in [0.2, 0.25) is 0 Å². The lowest BCUT2D eigenvalue weighted by Gasteiger charge is -2.09. The van der Waals surface area contributed by atoms with Crippen molar-refractivity contribution in [1.29, 1.82) is 0 Å². The largest absolute Gasteiger partial charge is 0.496 e. The Balaban J connectivity index is 4.79. The molecule has 0 amide bonds. The van der Waals surface area contributed by atoms with Gasteiger partial charge in [-0.3, -0.25) is 0 Å². The summed E-state index contributed by atoms with van der Waals surface area (Å²) < 4.78 is 54.5. The first-order valence-corrected chi connectivity index (χ1v) is 3.80. The van der Waals surface area contributed by atoms with Gasteiger partial charge in [0, 0.05) is 5.15 Å². The van der Waals surface area contributed by atoms with Gasteiger partial charge in [-0.15, -0.1) is 0 Å². The van der Waals surface area contributed by atoms with Gasteiger partial charge in [0.25, 0.3) is 0 Å². The van der Waals surface area contributed by atoms with Crippen molar-refractivity contribution in [2.24, 2.45) is 0 Å². The molecule has 0 aromatic carbocycles. The normalized spacial score (nSPS) is 16.8. The first-order chi connectivity index (χ1) is 4.19. The minimum Gasteiger partial charge on any atom is -0.220 e. The van der Waals surface area contributed by atoms with E-state index in [-0.39, 0.29) is 0 Å². The summed E-state index contributed by atoms with van der Waals surface area (Å²) in [7, 11) is -0.588. The van der Waals surface area contributed by atoms with Gasteiger partial charge >= 0.3 is 5.51 Å². The molecule has 0 N–H and O–H groups in total. The fourth-order valence-corrected chi connectivity index (χ4v) is 0.632. The number of hydrogen-bond donors (Lipinski definition) is 0. The highest BCUT2D eigenvalue weighted by molar-refractivity contribution is 7.93. The second-order valence-corrected chi connectivity index (χ2v) is 3.99. The van der Waals surface area contributed by atoms with Crippen LogP contribution < -0.4 is 0 Å². The van der Waals surface area contributed by atoms with Crippen LogP contribution in [0.4, 0.5) is 13.2 Å². The van der Waals surface area contributed by atoms with E-state index in [1.165, 1.54) is 0 Å². The van der Waals surface area contributed by atoms with E-state index in [9.17, 15) is 21.6 Å². The smallest absolute Gasteiger partial charge is 0.220 e. The molecule has 0 bridgehead atoms. The fraction of sp³-hybridized carbons (Fsp3) is 1.00. The average Bonchev–Trinajstić information content (AvgIpc) is 1.62. The first-order valence-electron chi connectivity index (χ1n) is 2.25. The summed E-state index contributed by atoms with van der Waals surface area (Å²) in [6.07, 6.45) is 0. The van der Waals surface area contributed by atoms with Gasteiger partial charge in [-0.1, -0.05) is 6.92 Å². The van der Waals surface area contributed by atoms with Crippen molar-refractivity contribution < 1.29 is 21.6 Å². The number of hydrogen-bond acceptors (Lipinski definition) is 2. The predicted octanol–water partition coefficient (Wildman–Crippen LogP) is 0.435. The molecule has 2 radical (unpaired) electrons. The van der Waals surface area contributed by atoms with Crippen molar-refractivity contribution in [2.75, 3.05) is 0 Å². The van der Waals surface area contributed by atoms with Crippen molar-refractivity contribution in [3.8, 4) is 0 Å². The van der Waals surface area contributed by atoms with Crippen LogP contribution in [-0.4, -0.2) is 26.9 Å². The van der Waals surface area contributed by atoms with Crippen molar-refractivity contribution in [3.05, 3.63) is 0 Å². The molecule has 0 aromatic rings. The molecular formula is C3H4BF3O2S. The third kappa shape index (κ3) is 1.65. The van der Waals surface area contributed by atoms with Gasteiger partial charge in [0.05, 0.1) is 7.85 Å². The summed E-state index contributed by atoms with van der Waals surface area (Å²) >= 11 is 0. The molecule has 10 heavy (non-hydrogen) atoms. The van der Waals surface area contributed by atoms with E-state index >= 15 is 0 Å². The van der Waals surface area contributed by atoms with Gasteiger partial charge in [-0.2, -0.15) is 13.2 Å². The Bertz CT molecular complexity index is 204. The molecule has 0 aliphatic rings. The highest BCUT2D eigenvalue weighted by Gasteiger charge is 2.46. The predicted molar refractivity (Wildman–Crippen MR) is 30.2 cm³/mol. The van der Waals surface area contributed by atoms with E-state index in [1.54, 1.807) is 0 Å². The zero-order valence-corrected chi connectivity index (χ0v) is 5.83. The number of halogens is 3. The maximum Gasteiger partial charge on any atom is 0.496 e. The zero-order chi connectivity index (χ0) is 8.58. The molecule has 0 heterocycles. The fourth-order valence-electron chi connectivity index (χ4n) is 0.211. The molecular weight excluding hydrogens is 168 g/mol. The van der Waals surface area contributed by atoms with Gasteiger partial charge in [0.1, 0.15) is 0 Å². The standard InChI is InChI=1S/C3H4BF3O2S/c1-2(4)10(8,9)3(5,6)7/h2H,1H3. The van der Waals surface area contributed by atoms with Crippen LogP contribution in [-0.2, 0) is 9.84 Å². The van der Waals surface area contributed by atoms with E-state index in [0.717, 1.165) is 6.92 Å². The molecule has 0 fully saturated rings. The van der Waals surface area contributed by atoms with Crippen LogP contribution in [0.3, 0.4) is 0 Å². The van der Waals surface area contributed by atoms with E-state index in [2.05, 4.69) is 7.85 Å². The molecule has 0 aromatic heterocycles. The molecule has 0 spiro atoms. The van der Waals surface area contributed by atoms with Crippen molar-refractivity contribution in [2.45, 2.75) is 17.6 Å². The van der Waals surface area contributed by atoms with Gasteiger partial charge in [0.2, 0.25) is 9.84 Å². The Kier molecular flexibility index (Phi) is 2.40. The maximum atomic E-state index is 11.4. The van der Waals surface area contributed by atoms with Crippen LogP contribution in [0.15, 0.2) is 0 Å². The number of alkyl halides is 3. The second-order valence-electron chi connectivity index (χ2n) is 1.70. The van der Waals surface area contributed by atoms with E-state index in [0.29, 0.717) is 0 Å². The van der Waals surface area contributed by atoms with Crippen molar-refractivity contribution in [1.82, 2.24) is 0 Å². The Hall–Kier alpha value is -0.195. The minimum absolute atomic E-state index is 0.767. The van der Waals surface area contributed by atoms with E-state index in [4.69, 9.17) is 0 Å². The summed E-state index contributed by atoms with van der Waals surface area (Å²) in [4.78, 5) is 0. The molecule has 1 atom stereocenters. The molecule has 1 unspecified atom stereocenters. The maximum absolute atomic E-state index is 11.4.